The van der Waals surface area contributed by atoms with Gasteiger partial charge in [0.25, 0.3) is 7.82 Å². The standard InChI is InChI=1S/C6H14N2O2.Na.H4O7P2/c7-4-2-1-3-5(8)6(9)10;;1-8(2,3)7-9(4,5)6/h5H,1-4,7-8H2,(H,9,10);;(H2,1,2,3)(H2,4,5,6)/q;+1;/p-1. The van der Waals surface area contributed by atoms with E-state index in [1.807, 2.05) is 0 Å². The molecule has 0 aromatic heterocycles. The van der Waals surface area contributed by atoms with Crippen LogP contribution in [0.25, 0.3) is 0 Å². The van der Waals surface area contributed by atoms with E-state index in [0.717, 1.165) is 12.8 Å². The van der Waals surface area contributed by atoms with E-state index < -0.39 is 27.7 Å². The molecule has 0 amide bonds. The first-order valence-electron chi connectivity index (χ1n) is 4.88. The summed E-state index contributed by atoms with van der Waals surface area (Å²) in [6.07, 6.45) is 2.16. The van der Waals surface area contributed by atoms with Crippen LogP contribution < -0.4 is 45.9 Å². The second-order valence-electron chi connectivity index (χ2n) is 3.27. The Kier molecular flexibility index (Phi) is 15.6. The third-order valence-electron chi connectivity index (χ3n) is 1.50. The van der Waals surface area contributed by atoms with Gasteiger partial charge >= 0.3 is 43.3 Å². The Labute approximate surface area is 137 Å². The van der Waals surface area contributed by atoms with Crippen molar-refractivity contribution >= 4 is 21.6 Å². The molecule has 0 rings (SSSR count). The van der Waals surface area contributed by atoms with E-state index in [1.165, 1.54) is 0 Å². The van der Waals surface area contributed by atoms with Crippen molar-refractivity contribution in [1.29, 1.82) is 0 Å². The van der Waals surface area contributed by atoms with Gasteiger partial charge in [0.05, 0.1) is 0 Å². The van der Waals surface area contributed by atoms with Gasteiger partial charge in [-0.25, -0.2) is 8.88 Å². The molecule has 2 atom stereocenters. The summed E-state index contributed by atoms with van der Waals surface area (Å²) < 4.78 is 21.9. The molecule has 0 radical (unpaired) electrons. The van der Waals surface area contributed by atoms with Crippen molar-refractivity contribution in [3.8, 4) is 0 Å². The number of hydrogen-bond acceptors (Lipinski definition) is 7. The van der Waals surface area contributed by atoms with Crippen molar-refractivity contribution in [2.24, 2.45) is 11.5 Å². The molecule has 0 heterocycles. The molecule has 0 aliphatic rings. The van der Waals surface area contributed by atoms with Gasteiger partial charge in [-0.3, -0.25) is 9.36 Å². The molecule has 20 heavy (non-hydrogen) atoms. The van der Waals surface area contributed by atoms with Crippen LogP contribution in [-0.2, 0) is 18.2 Å². The molecule has 0 aliphatic carbocycles. The minimum Gasteiger partial charge on any atom is -0.756 e. The van der Waals surface area contributed by atoms with Crippen molar-refractivity contribution in [2.75, 3.05) is 6.54 Å². The van der Waals surface area contributed by atoms with Gasteiger partial charge in [0.2, 0.25) is 0 Å². The van der Waals surface area contributed by atoms with Crippen LogP contribution >= 0.6 is 15.6 Å². The second kappa shape index (κ2) is 12.2. The maximum atomic E-state index is 10.1. The van der Waals surface area contributed by atoms with Crippen LogP contribution in [-0.4, -0.2) is 38.3 Å². The van der Waals surface area contributed by atoms with Crippen LogP contribution in [0, 0.1) is 0 Å². The molecule has 14 heteroatoms. The average molecular weight is 346 g/mol. The summed E-state index contributed by atoms with van der Waals surface area (Å²) in [5.74, 6) is -0.933. The van der Waals surface area contributed by atoms with Gasteiger partial charge in [0, 0.05) is 0 Å². The molecular formula is C6H17N2NaO9P2. The van der Waals surface area contributed by atoms with E-state index in [2.05, 4.69) is 4.31 Å². The first-order chi connectivity index (χ1) is 8.39. The third-order valence-corrected chi connectivity index (χ3v) is 3.17. The van der Waals surface area contributed by atoms with Gasteiger partial charge in [-0.05, 0) is 19.4 Å². The summed E-state index contributed by atoms with van der Waals surface area (Å²) in [7, 11) is -10.4. The Morgan fingerprint density at radius 3 is 1.90 bits per heavy atom. The molecule has 11 nitrogen and oxygen atoms in total. The minimum absolute atomic E-state index is 0. The summed E-state index contributed by atoms with van der Waals surface area (Å²) in [6, 6.07) is -0.716. The summed E-state index contributed by atoms with van der Waals surface area (Å²) in [5.41, 5.74) is 10.4. The second-order valence-corrected chi connectivity index (χ2v) is 5.84. The zero-order valence-electron chi connectivity index (χ0n) is 10.8. The van der Waals surface area contributed by atoms with Crippen molar-refractivity contribution in [3.05, 3.63) is 0 Å². The van der Waals surface area contributed by atoms with E-state index >= 15 is 0 Å². The van der Waals surface area contributed by atoms with E-state index in [4.69, 9.17) is 31.3 Å². The first-order valence-corrected chi connectivity index (χ1v) is 7.90. The number of unbranched alkanes of at least 4 members (excludes halogenated alkanes) is 1. The molecule has 0 saturated heterocycles. The fourth-order valence-electron chi connectivity index (χ4n) is 0.766. The number of carbonyl (C=O) groups is 1. The number of aliphatic carboxylic acids is 1. The number of nitrogens with two attached hydrogens (primary N) is 2. The van der Waals surface area contributed by atoms with Gasteiger partial charge < -0.3 is 36.1 Å². The largest absolute Gasteiger partial charge is 1.00 e. The SMILES string of the molecule is NCCCCC(N)C(=O)O.O=P([O-])(O)OP(=O)(O)O.[Na+]. The van der Waals surface area contributed by atoms with Gasteiger partial charge in [-0.1, -0.05) is 6.42 Å². The van der Waals surface area contributed by atoms with Crippen LogP contribution in [0.4, 0.5) is 0 Å². The molecule has 0 aliphatic heterocycles. The normalized spacial score (nSPS) is 15.1. The number of hydrogen-bond donors (Lipinski definition) is 6. The molecule has 0 saturated carbocycles. The molecule has 2 unspecified atom stereocenters. The van der Waals surface area contributed by atoms with Crippen LogP contribution in [0.15, 0.2) is 0 Å². The molecule has 0 spiro atoms. The van der Waals surface area contributed by atoms with Crippen molar-refractivity contribution in [3.63, 3.8) is 0 Å². The molecule has 0 aromatic carbocycles. The van der Waals surface area contributed by atoms with Gasteiger partial charge in [0.1, 0.15) is 6.04 Å². The maximum absolute atomic E-state index is 10.1. The zero-order valence-corrected chi connectivity index (χ0v) is 14.6. The smallest absolute Gasteiger partial charge is 0.756 e. The first kappa shape index (κ1) is 25.6. The Balaban J connectivity index is -0.000000277. The Morgan fingerprint density at radius 1 is 1.25 bits per heavy atom. The van der Waals surface area contributed by atoms with Crippen molar-refractivity contribution in [2.45, 2.75) is 25.3 Å². The third kappa shape index (κ3) is 23.7. The Hall–Kier alpha value is 0.650. The van der Waals surface area contributed by atoms with Gasteiger partial charge in [0.15, 0.2) is 0 Å². The predicted octanol–water partition coefficient (Wildman–Crippen LogP) is -4.91. The summed E-state index contributed by atoms with van der Waals surface area (Å²) in [6.45, 7) is 0.604. The fourth-order valence-corrected chi connectivity index (χ4v) is 1.84. The van der Waals surface area contributed by atoms with Crippen LogP contribution in [0.5, 0.6) is 0 Å². The fraction of sp³-hybridized carbons (Fsp3) is 0.833. The molecule has 116 valence electrons. The summed E-state index contributed by atoms with van der Waals surface area (Å²) in [5, 5.41) is 8.33. The predicted molar refractivity (Wildman–Crippen MR) is 61.5 cm³/mol. The number of carboxylic acid groups (broad SMARTS) is 1. The van der Waals surface area contributed by atoms with E-state index in [0.29, 0.717) is 13.0 Å². The monoisotopic (exact) mass is 346 g/mol. The quantitative estimate of drug-likeness (QED) is 0.146. The minimum atomic E-state index is -5.30. The molecule has 0 fully saturated rings. The number of rotatable bonds is 7. The van der Waals surface area contributed by atoms with E-state index in [-0.39, 0.29) is 29.6 Å². The summed E-state index contributed by atoms with van der Waals surface area (Å²) in [4.78, 5) is 42.7. The van der Waals surface area contributed by atoms with Gasteiger partial charge in [-0.15, -0.1) is 0 Å². The van der Waals surface area contributed by atoms with E-state index in [1.54, 1.807) is 0 Å². The molecule has 0 aromatic rings. The van der Waals surface area contributed by atoms with Crippen LogP contribution in [0.3, 0.4) is 0 Å². The van der Waals surface area contributed by atoms with Crippen LogP contribution in [0.2, 0.25) is 0 Å². The van der Waals surface area contributed by atoms with Crippen molar-refractivity contribution in [1.82, 2.24) is 0 Å². The Morgan fingerprint density at radius 2 is 1.70 bits per heavy atom. The van der Waals surface area contributed by atoms with Crippen molar-refractivity contribution < 1.29 is 72.5 Å². The molecule has 0 bridgehead atoms. The maximum Gasteiger partial charge on any atom is 1.00 e. The Bertz CT molecular complexity index is 336. The summed E-state index contributed by atoms with van der Waals surface area (Å²) >= 11 is 0. The number of carboxylic acids is 1. The average Bonchev–Trinajstić information content (AvgIpc) is 2.12. The van der Waals surface area contributed by atoms with Crippen LogP contribution in [0.1, 0.15) is 19.3 Å². The topological polar surface area (TPSA) is 216 Å². The molecule has 8 N–H and O–H groups in total. The zero-order chi connectivity index (χ0) is 15.7. The molecular weight excluding hydrogens is 329 g/mol. The van der Waals surface area contributed by atoms with Gasteiger partial charge in [-0.2, -0.15) is 0 Å². The number of phosphoric acid groups is 2. The van der Waals surface area contributed by atoms with E-state index in [9.17, 15) is 18.8 Å².